The molecule has 0 radical (unpaired) electrons. The van der Waals surface area contributed by atoms with E-state index in [1.54, 1.807) is 52.0 Å². The highest BCUT2D eigenvalue weighted by molar-refractivity contribution is 5.89. The van der Waals surface area contributed by atoms with Crippen molar-refractivity contribution in [2.45, 2.75) is 58.1 Å². The molecule has 1 heterocycles. The van der Waals surface area contributed by atoms with Gasteiger partial charge in [-0.2, -0.15) is 13.2 Å². The van der Waals surface area contributed by atoms with Gasteiger partial charge in [0.2, 0.25) is 6.29 Å². The lowest BCUT2D eigenvalue weighted by Gasteiger charge is -2.22. The van der Waals surface area contributed by atoms with Gasteiger partial charge >= 0.3 is 12.3 Å². The van der Waals surface area contributed by atoms with E-state index in [1.165, 1.54) is 0 Å². The van der Waals surface area contributed by atoms with Crippen LogP contribution in [-0.2, 0) is 14.3 Å². The second-order valence-corrected chi connectivity index (χ2v) is 7.67. The summed E-state index contributed by atoms with van der Waals surface area (Å²) in [6, 6.07) is 6.86. The first-order chi connectivity index (χ1) is 12.9. The molecule has 1 N–H and O–H groups in total. The molecular formula is C19H25F3N2O4. The second-order valence-electron chi connectivity index (χ2n) is 7.67. The van der Waals surface area contributed by atoms with Gasteiger partial charge in [0.25, 0.3) is 0 Å². The van der Waals surface area contributed by atoms with Crippen molar-refractivity contribution in [2.75, 3.05) is 12.4 Å². The zero-order valence-corrected chi connectivity index (χ0v) is 16.5. The monoisotopic (exact) mass is 402 g/mol. The van der Waals surface area contributed by atoms with Crippen molar-refractivity contribution in [1.82, 2.24) is 0 Å². The Morgan fingerprint density at radius 3 is 2.57 bits per heavy atom. The molecule has 6 nitrogen and oxygen atoms in total. The van der Waals surface area contributed by atoms with Crippen molar-refractivity contribution in [1.29, 1.82) is 0 Å². The van der Waals surface area contributed by atoms with Crippen LogP contribution in [0.5, 0.6) is 0 Å². The smallest absolute Gasteiger partial charge is 0.412 e. The number of halogens is 3. The number of carbonyl (C=O) groups excluding carboxylic acids is 1. The van der Waals surface area contributed by atoms with Crippen LogP contribution in [0.1, 0.15) is 45.6 Å². The number of ether oxygens (including phenoxy) is 2. The van der Waals surface area contributed by atoms with Gasteiger partial charge in [0.05, 0.1) is 5.71 Å². The zero-order valence-electron chi connectivity index (χ0n) is 16.5. The van der Waals surface area contributed by atoms with Gasteiger partial charge in [-0.15, -0.1) is 0 Å². The molecule has 28 heavy (non-hydrogen) atoms. The number of hydrogen-bond donors (Lipinski definition) is 1. The molecule has 9 heteroatoms. The molecular weight excluding hydrogens is 377 g/mol. The Hall–Kier alpha value is -2.29. The predicted molar refractivity (Wildman–Crippen MR) is 98.2 cm³/mol. The second kappa shape index (κ2) is 8.38. The zero-order chi connectivity index (χ0) is 21.1. The highest BCUT2D eigenvalue weighted by Gasteiger charge is 2.53. The van der Waals surface area contributed by atoms with E-state index in [4.69, 9.17) is 14.3 Å². The third-order valence-corrected chi connectivity index (χ3v) is 4.11. The molecule has 0 saturated carbocycles. The van der Waals surface area contributed by atoms with Crippen LogP contribution in [0.3, 0.4) is 0 Å². The lowest BCUT2D eigenvalue weighted by molar-refractivity contribution is -0.226. The standard InChI is InChI=1S/C19H25F3N2O4/c1-11(9-14-15(19(20,21)22)16(26-5)28-24-14)12-7-6-8-13(10-12)23-17(25)27-18(2,3)4/h6-8,10-11,15-16H,9H2,1-5H3,(H,23,25)/t11-,15?,16?/m1/s1. The minimum atomic E-state index is -4.52. The van der Waals surface area contributed by atoms with E-state index in [0.29, 0.717) is 5.69 Å². The Bertz CT molecular complexity index is 729. The van der Waals surface area contributed by atoms with E-state index in [2.05, 4.69) is 10.5 Å². The van der Waals surface area contributed by atoms with Gasteiger partial charge in [0, 0.05) is 12.8 Å². The van der Waals surface area contributed by atoms with E-state index in [9.17, 15) is 18.0 Å². The molecule has 1 aliphatic rings. The van der Waals surface area contributed by atoms with Gasteiger partial charge in [-0.3, -0.25) is 5.32 Å². The van der Waals surface area contributed by atoms with Gasteiger partial charge < -0.3 is 14.3 Å². The summed E-state index contributed by atoms with van der Waals surface area (Å²) < 4.78 is 50.0. The number of alkyl halides is 3. The fourth-order valence-electron chi connectivity index (χ4n) is 2.86. The Balaban J connectivity index is 2.09. The third kappa shape index (κ3) is 5.85. The molecule has 1 aromatic rings. The van der Waals surface area contributed by atoms with Gasteiger partial charge in [-0.05, 0) is 50.8 Å². The van der Waals surface area contributed by atoms with Crippen molar-refractivity contribution < 1.29 is 32.3 Å². The van der Waals surface area contributed by atoms with Gasteiger partial charge in [0.15, 0.2) is 5.92 Å². The molecule has 1 aromatic carbocycles. The number of hydrogen-bond acceptors (Lipinski definition) is 5. The number of rotatable bonds is 5. The number of carbonyl (C=O) groups is 1. The molecule has 2 rings (SSSR count). The summed E-state index contributed by atoms with van der Waals surface area (Å²) in [4.78, 5) is 16.7. The summed E-state index contributed by atoms with van der Waals surface area (Å²) >= 11 is 0. The molecule has 0 spiro atoms. The summed E-state index contributed by atoms with van der Waals surface area (Å²) in [7, 11) is 1.15. The lowest BCUT2D eigenvalue weighted by atomic mass is 9.89. The lowest BCUT2D eigenvalue weighted by Crippen LogP contribution is -2.38. The molecule has 1 amide bonds. The van der Waals surface area contributed by atoms with Crippen molar-refractivity contribution in [3.05, 3.63) is 29.8 Å². The number of nitrogens with zero attached hydrogens (tertiary/aromatic N) is 1. The molecule has 2 unspecified atom stereocenters. The summed E-state index contributed by atoms with van der Waals surface area (Å²) in [6.45, 7) is 7.03. The summed E-state index contributed by atoms with van der Waals surface area (Å²) in [6.07, 6.45) is -6.55. The van der Waals surface area contributed by atoms with Crippen molar-refractivity contribution in [3.63, 3.8) is 0 Å². The van der Waals surface area contributed by atoms with Crippen LogP contribution in [0, 0.1) is 5.92 Å². The Morgan fingerprint density at radius 2 is 2.00 bits per heavy atom. The maximum atomic E-state index is 13.3. The first-order valence-corrected chi connectivity index (χ1v) is 8.83. The topological polar surface area (TPSA) is 69.2 Å². The molecule has 0 fully saturated rings. The molecule has 1 aliphatic heterocycles. The largest absolute Gasteiger partial charge is 0.444 e. The van der Waals surface area contributed by atoms with Gasteiger partial charge in [0.1, 0.15) is 5.60 Å². The fourth-order valence-corrected chi connectivity index (χ4v) is 2.86. The number of oxime groups is 1. The number of amides is 1. The van der Waals surface area contributed by atoms with Crippen LogP contribution < -0.4 is 5.32 Å². The summed E-state index contributed by atoms with van der Waals surface area (Å²) in [5.74, 6) is -2.19. The van der Waals surface area contributed by atoms with E-state index >= 15 is 0 Å². The summed E-state index contributed by atoms with van der Waals surface area (Å²) in [5, 5.41) is 6.21. The molecule has 0 saturated heterocycles. The average molecular weight is 402 g/mol. The summed E-state index contributed by atoms with van der Waals surface area (Å²) in [5.41, 5.74) is 0.487. The fraction of sp³-hybridized carbons (Fsp3) is 0.579. The average Bonchev–Trinajstić information content (AvgIpc) is 2.96. The van der Waals surface area contributed by atoms with Crippen LogP contribution in [0.25, 0.3) is 0 Å². The van der Waals surface area contributed by atoms with Crippen LogP contribution in [0.15, 0.2) is 29.4 Å². The van der Waals surface area contributed by atoms with Crippen molar-refractivity contribution in [3.8, 4) is 0 Å². The SMILES string of the molecule is COC1ON=C(C[C@@H](C)c2cccc(NC(=O)OC(C)(C)C)c2)C1C(F)(F)F. The predicted octanol–water partition coefficient (Wildman–Crippen LogP) is 5.06. The molecule has 156 valence electrons. The number of nitrogens with one attached hydrogen (secondary N) is 1. The van der Waals surface area contributed by atoms with E-state index in [-0.39, 0.29) is 18.1 Å². The van der Waals surface area contributed by atoms with E-state index in [0.717, 1.165) is 12.7 Å². The molecule has 0 aliphatic carbocycles. The Labute approximate surface area is 162 Å². The van der Waals surface area contributed by atoms with Crippen LogP contribution in [0.4, 0.5) is 23.7 Å². The molecule has 0 aromatic heterocycles. The van der Waals surface area contributed by atoms with E-state index in [1.807, 2.05) is 0 Å². The van der Waals surface area contributed by atoms with Gasteiger partial charge in [-0.25, -0.2) is 4.79 Å². The van der Waals surface area contributed by atoms with Crippen LogP contribution in [0.2, 0.25) is 0 Å². The van der Waals surface area contributed by atoms with Crippen LogP contribution >= 0.6 is 0 Å². The number of methoxy groups -OCH3 is 1. The third-order valence-electron chi connectivity index (χ3n) is 4.11. The highest BCUT2D eigenvalue weighted by Crippen LogP contribution is 2.38. The van der Waals surface area contributed by atoms with Crippen molar-refractivity contribution >= 4 is 17.5 Å². The Morgan fingerprint density at radius 1 is 1.32 bits per heavy atom. The first-order valence-electron chi connectivity index (χ1n) is 8.83. The number of anilines is 1. The molecule has 3 atom stereocenters. The normalized spacial score (nSPS) is 20.9. The molecule has 0 bridgehead atoms. The number of benzene rings is 1. The van der Waals surface area contributed by atoms with Crippen molar-refractivity contribution in [2.24, 2.45) is 11.1 Å². The maximum Gasteiger partial charge on any atom is 0.412 e. The minimum Gasteiger partial charge on any atom is -0.444 e. The minimum absolute atomic E-state index is 0.0416. The van der Waals surface area contributed by atoms with Crippen LogP contribution in [-0.4, -0.2) is 37.0 Å². The van der Waals surface area contributed by atoms with E-state index < -0.39 is 30.1 Å². The highest BCUT2D eigenvalue weighted by atomic mass is 19.4. The van der Waals surface area contributed by atoms with Gasteiger partial charge in [-0.1, -0.05) is 24.2 Å². The first kappa shape index (κ1) is 22.0. The quantitative estimate of drug-likeness (QED) is 0.747. The Kier molecular flexibility index (Phi) is 6.59. The maximum absolute atomic E-state index is 13.3.